The molecular formula is C32H32Cl4N4O9S. The standard InChI is InChI=1S/C16H16Cl2N2O3.C16H14Cl2N2O2.H2O4S/c1-19(9-12-5-6-13(17)8-15(12)18)10-16(21)11-3-2-4-14(7-11)20(22)23;1-19-8-14(10-3-2-4-12(5-10)20(21)22)13-6-11(17)7-16(18)15(13)9-19;1-5(2,3)4/h2-8,16,21H,9-10H2,1H3;2-7,14H,8-9H2,1H3;(H2,1,2,3,4). The number of fused-ring (bicyclic) bond motifs is 1. The molecule has 0 radical (unpaired) electrons. The molecule has 4 aromatic carbocycles. The molecule has 0 aliphatic carbocycles. The summed E-state index contributed by atoms with van der Waals surface area (Å²) in [5, 5.41) is 34.4. The molecule has 5 rings (SSSR count). The summed E-state index contributed by atoms with van der Waals surface area (Å²) in [6.07, 6.45) is -0.828. The van der Waals surface area contributed by atoms with E-state index in [1.54, 1.807) is 42.5 Å². The third kappa shape index (κ3) is 12.7. The molecule has 0 fully saturated rings. The number of halogens is 4. The number of benzene rings is 4. The molecule has 4 aromatic rings. The fraction of sp³-hybridized carbons (Fsp3) is 0.250. The highest BCUT2D eigenvalue weighted by Gasteiger charge is 2.28. The minimum Gasteiger partial charge on any atom is -0.387 e. The van der Waals surface area contributed by atoms with Crippen LogP contribution in [0.3, 0.4) is 0 Å². The van der Waals surface area contributed by atoms with E-state index in [9.17, 15) is 25.3 Å². The Balaban J connectivity index is 0.000000239. The minimum atomic E-state index is -4.67. The van der Waals surface area contributed by atoms with Gasteiger partial charge in [0, 0.05) is 76.5 Å². The van der Waals surface area contributed by atoms with Gasteiger partial charge < -0.3 is 10.0 Å². The minimum absolute atomic E-state index is 0.0184. The molecule has 13 nitrogen and oxygen atoms in total. The predicted molar refractivity (Wildman–Crippen MR) is 193 cm³/mol. The molecule has 0 aromatic heterocycles. The Morgan fingerprint density at radius 2 is 1.46 bits per heavy atom. The van der Waals surface area contributed by atoms with Crippen molar-refractivity contribution in [3.8, 4) is 0 Å². The lowest BCUT2D eigenvalue weighted by molar-refractivity contribution is -0.385. The molecule has 268 valence electrons. The number of hydrogen-bond donors (Lipinski definition) is 3. The first-order valence-electron chi connectivity index (χ1n) is 14.5. The molecule has 50 heavy (non-hydrogen) atoms. The van der Waals surface area contributed by atoms with Crippen LogP contribution in [0.15, 0.2) is 78.9 Å². The molecule has 0 spiro atoms. The highest BCUT2D eigenvalue weighted by Crippen LogP contribution is 2.39. The van der Waals surface area contributed by atoms with Crippen molar-refractivity contribution in [1.82, 2.24) is 9.80 Å². The quantitative estimate of drug-likeness (QED) is 0.0895. The average Bonchev–Trinajstić information content (AvgIpc) is 3.02. The zero-order chi connectivity index (χ0) is 37.3. The van der Waals surface area contributed by atoms with E-state index >= 15 is 0 Å². The molecule has 0 saturated heterocycles. The van der Waals surface area contributed by atoms with Crippen LogP contribution in [-0.4, -0.2) is 69.5 Å². The van der Waals surface area contributed by atoms with Gasteiger partial charge in [0.15, 0.2) is 0 Å². The maximum atomic E-state index is 11.0. The van der Waals surface area contributed by atoms with E-state index in [2.05, 4.69) is 4.90 Å². The second kappa shape index (κ2) is 18.2. The van der Waals surface area contributed by atoms with E-state index in [0.717, 1.165) is 35.3 Å². The van der Waals surface area contributed by atoms with E-state index in [-0.39, 0.29) is 22.2 Å². The molecule has 18 heteroatoms. The van der Waals surface area contributed by atoms with Crippen LogP contribution in [0.1, 0.15) is 39.8 Å². The van der Waals surface area contributed by atoms with Crippen molar-refractivity contribution in [3.05, 3.63) is 147 Å². The molecule has 0 amide bonds. The Hall–Kier alpha value is -3.41. The molecule has 1 aliphatic heterocycles. The third-order valence-electron chi connectivity index (χ3n) is 7.38. The zero-order valence-corrected chi connectivity index (χ0v) is 30.3. The molecular weight excluding hydrogens is 758 g/mol. The van der Waals surface area contributed by atoms with Crippen LogP contribution in [0.2, 0.25) is 20.1 Å². The molecule has 2 unspecified atom stereocenters. The van der Waals surface area contributed by atoms with Crippen LogP contribution in [0, 0.1) is 20.2 Å². The van der Waals surface area contributed by atoms with E-state index in [1.807, 2.05) is 37.2 Å². The number of aliphatic hydroxyl groups excluding tert-OH is 1. The van der Waals surface area contributed by atoms with Crippen molar-refractivity contribution in [2.45, 2.75) is 25.1 Å². The molecule has 1 heterocycles. The largest absolute Gasteiger partial charge is 0.394 e. The van der Waals surface area contributed by atoms with Crippen LogP contribution in [0.5, 0.6) is 0 Å². The summed E-state index contributed by atoms with van der Waals surface area (Å²) in [4.78, 5) is 25.0. The first-order chi connectivity index (χ1) is 23.3. The van der Waals surface area contributed by atoms with Crippen LogP contribution >= 0.6 is 46.4 Å². The number of hydrogen-bond acceptors (Lipinski definition) is 9. The van der Waals surface area contributed by atoms with Gasteiger partial charge in [-0.15, -0.1) is 0 Å². The SMILES string of the molecule is CN(Cc1ccc(Cl)cc1Cl)CC(O)c1cccc([N+](=O)[O-])c1.CN1Cc2c(Cl)cc(Cl)cc2C(c2cccc([N+](=O)[O-])c2)C1.O=S(=O)(O)O. The lowest BCUT2D eigenvalue weighted by Gasteiger charge is -2.33. The van der Waals surface area contributed by atoms with Crippen molar-refractivity contribution in [2.75, 3.05) is 27.2 Å². The number of nitrogens with zero attached hydrogens (tertiary/aromatic N) is 4. The average molecular weight is 791 g/mol. The topological polar surface area (TPSA) is 188 Å². The van der Waals surface area contributed by atoms with Gasteiger partial charge in [0.2, 0.25) is 0 Å². The summed E-state index contributed by atoms with van der Waals surface area (Å²) >= 11 is 24.5. The van der Waals surface area contributed by atoms with Gasteiger partial charge in [-0.05, 0) is 66.2 Å². The number of nitro groups is 2. The first kappa shape index (κ1) is 41.0. The van der Waals surface area contributed by atoms with Gasteiger partial charge in [0.05, 0.1) is 16.0 Å². The summed E-state index contributed by atoms with van der Waals surface area (Å²) < 4.78 is 31.6. The summed E-state index contributed by atoms with van der Waals surface area (Å²) in [5.41, 5.74) is 4.45. The summed E-state index contributed by atoms with van der Waals surface area (Å²) in [6, 6.07) is 21.7. The monoisotopic (exact) mass is 788 g/mol. The van der Waals surface area contributed by atoms with Gasteiger partial charge in [-0.3, -0.25) is 34.2 Å². The summed E-state index contributed by atoms with van der Waals surface area (Å²) in [5.74, 6) is 0.0184. The fourth-order valence-corrected chi connectivity index (χ4v) is 6.27. The van der Waals surface area contributed by atoms with Crippen LogP contribution in [-0.2, 0) is 23.5 Å². The van der Waals surface area contributed by atoms with E-state index in [0.29, 0.717) is 38.7 Å². The maximum Gasteiger partial charge on any atom is 0.394 e. The number of nitro benzene ring substituents is 2. The van der Waals surface area contributed by atoms with E-state index in [4.69, 9.17) is 63.9 Å². The highest BCUT2D eigenvalue weighted by atomic mass is 35.5. The van der Waals surface area contributed by atoms with Crippen LogP contribution in [0.4, 0.5) is 11.4 Å². The highest BCUT2D eigenvalue weighted by molar-refractivity contribution is 7.79. The number of non-ortho nitro benzene ring substituents is 2. The van der Waals surface area contributed by atoms with Crippen molar-refractivity contribution < 1.29 is 32.5 Å². The summed E-state index contributed by atoms with van der Waals surface area (Å²) in [6.45, 7) is 2.36. The van der Waals surface area contributed by atoms with Gasteiger partial charge in [0.25, 0.3) is 11.4 Å². The normalized spacial score (nSPS) is 14.8. The second-order valence-corrected chi connectivity index (χ2v) is 13.9. The molecule has 3 N–H and O–H groups in total. The van der Waals surface area contributed by atoms with Gasteiger partial charge in [0.1, 0.15) is 0 Å². The fourth-order valence-electron chi connectivity index (χ4n) is 5.24. The first-order valence-corrected chi connectivity index (χ1v) is 17.4. The van der Waals surface area contributed by atoms with Gasteiger partial charge in [-0.1, -0.05) is 76.7 Å². The number of likely N-dealkylation sites (N-methyl/N-ethyl adjacent to an activating group) is 2. The van der Waals surface area contributed by atoms with Crippen molar-refractivity contribution in [2.24, 2.45) is 0 Å². The van der Waals surface area contributed by atoms with Gasteiger partial charge in [-0.2, -0.15) is 8.42 Å². The Bertz CT molecular complexity index is 1940. The smallest absolute Gasteiger partial charge is 0.387 e. The zero-order valence-electron chi connectivity index (χ0n) is 26.5. The number of rotatable bonds is 8. The van der Waals surface area contributed by atoms with Crippen LogP contribution in [0.25, 0.3) is 0 Å². The van der Waals surface area contributed by atoms with Crippen LogP contribution < -0.4 is 0 Å². The van der Waals surface area contributed by atoms with E-state index in [1.165, 1.54) is 18.2 Å². The van der Waals surface area contributed by atoms with Crippen molar-refractivity contribution in [1.29, 1.82) is 0 Å². The Morgan fingerprint density at radius 1 is 0.880 bits per heavy atom. The van der Waals surface area contributed by atoms with Gasteiger partial charge >= 0.3 is 10.4 Å². The maximum absolute atomic E-state index is 11.0. The predicted octanol–water partition coefficient (Wildman–Crippen LogP) is 7.89. The van der Waals surface area contributed by atoms with Crippen molar-refractivity contribution in [3.63, 3.8) is 0 Å². The number of aliphatic hydroxyl groups is 1. The summed E-state index contributed by atoms with van der Waals surface area (Å²) in [7, 11) is -0.816. The van der Waals surface area contributed by atoms with E-state index < -0.39 is 21.4 Å². The van der Waals surface area contributed by atoms with Crippen molar-refractivity contribution >= 4 is 68.2 Å². The molecule has 0 bridgehead atoms. The Kier molecular flexibility index (Phi) is 14.9. The Labute approximate surface area is 308 Å². The molecule has 1 aliphatic rings. The molecule has 2 atom stereocenters. The van der Waals surface area contributed by atoms with Gasteiger partial charge in [-0.25, -0.2) is 0 Å². The third-order valence-corrected chi connectivity index (χ3v) is 8.52. The molecule has 0 saturated carbocycles. The lowest BCUT2D eigenvalue weighted by Crippen LogP contribution is -2.31. The Morgan fingerprint density at radius 3 is 2.06 bits per heavy atom. The second-order valence-electron chi connectivity index (χ2n) is 11.3. The lowest BCUT2D eigenvalue weighted by atomic mass is 9.84.